The van der Waals surface area contributed by atoms with Gasteiger partial charge in [-0.15, -0.1) is 0 Å². The molecule has 0 N–H and O–H groups in total. The number of carbonyl (C=O) groups is 2. The van der Waals surface area contributed by atoms with E-state index >= 15 is 0 Å². The van der Waals surface area contributed by atoms with Crippen LogP contribution in [0.3, 0.4) is 0 Å². The van der Waals surface area contributed by atoms with Crippen molar-refractivity contribution in [3.05, 3.63) is 69.6 Å². The molecule has 0 radical (unpaired) electrons. The van der Waals surface area contributed by atoms with E-state index in [0.717, 1.165) is 47.5 Å². The van der Waals surface area contributed by atoms with Gasteiger partial charge in [0.1, 0.15) is 11.5 Å². The van der Waals surface area contributed by atoms with Crippen LogP contribution in [0.2, 0.25) is 5.02 Å². The molecule has 1 fully saturated rings. The minimum absolute atomic E-state index is 0.131. The van der Waals surface area contributed by atoms with E-state index in [0.29, 0.717) is 11.3 Å². The fourth-order valence-electron chi connectivity index (χ4n) is 4.61. The Bertz CT molecular complexity index is 1120. The molecular weight excluding hydrogens is 429 g/mol. The highest BCUT2D eigenvalue weighted by Crippen LogP contribution is 2.38. The summed E-state index contributed by atoms with van der Waals surface area (Å²) < 4.78 is 13.7. The molecule has 168 valence electrons. The summed E-state index contributed by atoms with van der Waals surface area (Å²) in [6, 6.07) is 9.90. The van der Waals surface area contributed by atoms with Crippen molar-refractivity contribution in [3.63, 3.8) is 0 Å². The van der Waals surface area contributed by atoms with Gasteiger partial charge >= 0.3 is 0 Å². The number of nitrogens with zero attached hydrogens (tertiary/aromatic N) is 3. The molecule has 0 aromatic heterocycles. The lowest BCUT2D eigenvalue weighted by Gasteiger charge is -2.36. The zero-order valence-corrected chi connectivity index (χ0v) is 19.5. The Morgan fingerprint density at radius 2 is 1.72 bits per heavy atom. The molecule has 2 amide bonds. The van der Waals surface area contributed by atoms with Crippen LogP contribution in [0.1, 0.15) is 29.5 Å². The van der Waals surface area contributed by atoms with Gasteiger partial charge in [-0.05, 0) is 76.2 Å². The second-order valence-corrected chi connectivity index (χ2v) is 9.14. The molecule has 0 unspecified atom stereocenters. The molecule has 2 aromatic carbocycles. The lowest BCUT2D eigenvalue weighted by atomic mass is 9.96. The molecule has 32 heavy (non-hydrogen) atoms. The number of aryl methyl sites for hydroxylation is 2. The third-order valence-corrected chi connectivity index (χ3v) is 6.75. The van der Waals surface area contributed by atoms with Crippen molar-refractivity contribution in [2.75, 3.05) is 32.1 Å². The zero-order chi connectivity index (χ0) is 23.2. The molecule has 0 aliphatic carbocycles. The van der Waals surface area contributed by atoms with E-state index in [1.54, 1.807) is 0 Å². The number of piperidine rings is 1. The average molecular weight is 456 g/mol. The Morgan fingerprint density at radius 1 is 1.03 bits per heavy atom. The minimum atomic E-state index is -0.597. The van der Waals surface area contributed by atoms with Gasteiger partial charge in [0.2, 0.25) is 0 Å². The molecule has 0 bridgehead atoms. The van der Waals surface area contributed by atoms with Crippen LogP contribution in [-0.2, 0) is 9.59 Å². The first-order chi connectivity index (χ1) is 15.2. The smallest absolute Gasteiger partial charge is 0.282 e. The first-order valence-corrected chi connectivity index (χ1v) is 11.1. The molecular formula is C25H27ClFN3O2. The van der Waals surface area contributed by atoms with Crippen molar-refractivity contribution in [3.8, 4) is 0 Å². The molecule has 4 rings (SSSR count). The van der Waals surface area contributed by atoms with Gasteiger partial charge in [-0.25, -0.2) is 9.29 Å². The quantitative estimate of drug-likeness (QED) is 0.641. The standard InChI is InChI=1S/C25H27ClFN3O2/c1-15-5-7-19(16(2)13-15)22-23(29(4)17-9-11-28(3)12-10-17)25(32)30(24(22)31)18-6-8-21(27)20(26)14-18/h5-8,13-14,17H,9-12H2,1-4H3. The predicted molar refractivity (Wildman–Crippen MR) is 125 cm³/mol. The van der Waals surface area contributed by atoms with Crippen molar-refractivity contribution in [2.45, 2.75) is 32.7 Å². The number of hydrogen-bond acceptors (Lipinski definition) is 4. The van der Waals surface area contributed by atoms with Crippen molar-refractivity contribution in [1.29, 1.82) is 0 Å². The SMILES string of the molecule is Cc1ccc(C2=C(N(C)C3CCN(C)CC3)C(=O)N(c3ccc(F)c(Cl)c3)C2=O)c(C)c1. The van der Waals surface area contributed by atoms with Crippen LogP contribution in [0.4, 0.5) is 10.1 Å². The van der Waals surface area contributed by atoms with E-state index in [1.165, 1.54) is 18.2 Å². The van der Waals surface area contributed by atoms with Crippen LogP contribution in [0.15, 0.2) is 42.1 Å². The number of halogens is 2. The van der Waals surface area contributed by atoms with E-state index in [2.05, 4.69) is 11.9 Å². The lowest BCUT2D eigenvalue weighted by molar-refractivity contribution is -0.120. The lowest BCUT2D eigenvalue weighted by Crippen LogP contribution is -2.43. The van der Waals surface area contributed by atoms with E-state index in [1.807, 2.05) is 44.0 Å². The maximum absolute atomic E-state index is 13.7. The van der Waals surface area contributed by atoms with E-state index in [4.69, 9.17) is 11.6 Å². The average Bonchev–Trinajstić information content (AvgIpc) is 3.00. The van der Waals surface area contributed by atoms with Crippen molar-refractivity contribution in [1.82, 2.24) is 9.80 Å². The van der Waals surface area contributed by atoms with E-state index < -0.39 is 17.6 Å². The van der Waals surface area contributed by atoms with E-state index in [-0.39, 0.29) is 16.8 Å². The molecule has 0 spiro atoms. The number of amides is 2. The minimum Gasteiger partial charge on any atom is -0.366 e. The molecule has 0 atom stereocenters. The third-order valence-electron chi connectivity index (χ3n) is 6.46. The number of rotatable bonds is 4. The van der Waals surface area contributed by atoms with Gasteiger partial charge in [0, 0.05) is 13.1 Å². The van der Waals surface area contributed by atoms with Crippen molar-refractivity contribution < 1.29 is 14.0 Å². The normalized spacial score (nSPS) is 18.1. The number of likely N-dealkylation sites (N-methyl/N-ethyl adjacent to an activating group) is 1. The molecule has 2 aliphatic rings. The molecule has 2 heterocycles. The number of carbonyl (C=O) groups excluding carboxylic acids is 2. The number of imide groups is 1. The summed E-state index contributed by atoms with van der Waals surface area (Å²) in [4.78, 5) is 32.7. The summed E-state index contributed by atoms with van der Waals surface area (Å²) in [5.74, 6) is -1.42. The van der Waals surface area contributed by atoms with Crippen LogP contribution >= 0.6 is 11.6 Å². The van der Waals surface area contributed by atoms with Crippen LogP contribution in [0.5, 0.6) is 0 Å². The number of hydrogen-bond donors (Lipinski definition) is 0. The maximum Gasteiger partial charge on any atom is 0.282 e. The summed E-state index contributed by atoms with van der Waals surface area (Å²) in [6.45, 7) is 5.80. The highest BCUT2D eigenvalue weighted by atomic mass is 35.5. The Labute approximate surface area is 193 Å². The number of anilines is 1. The van der Waals surface area contributed by atoms with Crippen LogP contribution in [0.25, 0.3) is 5.57 Å². The second-order valence-electron chi connectivity index (χ2n) is 8.73. The van der Waals surface area contributed by atoms with Crippen LogP contribution in [-0.4, -0.2) is 54.8 Å². The van der Waals surface area contributed by atoms with Gasteiger partial charge in [-0.3, -0.25) is 9.59 Å². The Balaban J connectivity index is 1.83. The molecule has 7 heteroatoms. The number of likely N-dealkylation sites (tertiary alicyclic amines) is 1. The Morgan fingerprint density at radius 3 is 2.34 bits per heavy atom. The predicted octanol–water partition coefficient (Wildman–Crippen LogP) is 4.41. The highest BCUT2D eigenvalue weighted by Gasteiger charge is 2.43. The number of benzene rings is 2. The third kappa shape index (κ3) is 3.93. The highest BCUT2D eigenvalue weighted by molar-refractivity contribution is 6.45. The van der Waals surface area contributed by atoms with Gasteiger partial charge in [-0.2, -0.15) is 0 Å². The molecule has 5 nitrogen and oxygen atoms in total. The van der Waals surface area contributed by atoms with Gasteiger partial charge < -0.3 is 9.80 Å². The first-order valence-electron chi connectivity index (χ1n) is 10.8. The van der Waals surface area contributed by atoms with Gasteiger partial charge in [0.15, 0.2) is 0 Å². The maximum atomic E-state index is 13.7. The van der Waals surface area contributed by atoms with Crippen LogP contribution in [0, 0.1) is 19.7 Å². The molecule has 2 aliphatic heterocycles. The fraction of sp³-hybridized carbons (Fsp3) is 0.360. The first kappa shape index (κ1) is 22.5. The van der Waals surface area contributed by atoms with Crippen molar-refractivity contribution >= 4 is 34.7 Å². The summed E-state index contributed by atoms with van der Waals surface area (Å²) in [5.41, 5.74) is 3.77. The Hall–Kier alpha value is -2.70. The van der Waals surface area contributed by atoms with Crippen LogP contribution < -0.4 is 4.90 Å². The monoisotopic (exact) mass is 455 g/mol. The summed E-state index contributed by atoms with van der Waals surface area (Å²) in [6.07, 6.45) is 1.81. The zero-order valence-electron chi connectivity index (χ0n) is 18.8. The van der Waals surface area contributed by atoms with Gasteiger partial charge in [0.05, 0.1) is 16.3 Å². The topological polar surface area (TPSA) is 43.9 Å². The van der Waals surface area contributed by atoms with Crippen molar-refractivity contribution in [2.24, 2.45) is 0 Å². The van der Waals surface area contributed by atoms with Gasteiger partial charge in [0.25, 0.3) is 11.8 Å². The Kier molecular flexibility index (Phi) is 6.10. The fourth-order valence-corrected chi connectivity index (χ4v) is 4.78. The largest absolute Gasteiger partial charge is 0.366 e. The summed E-state index contributed by atoms with van der Waals surface area (Å²) in [5, 5.41) is -0.131. The molecule has 1 saturated heterocycles. The molecule has 2 aromatic rings. The second kappa shape index (κ2) is 8.68. The van der Waals surface area contributed by atoms with E-state index in [9.17, 15) is 14.0 Å². The summed E-state index contributed by atoms with van der Waals surface area (Å²) >= 11 is 5.97. The molecule has 0 saturated carbocycles. The van der Waals surface area contributed by atoms with Gasteiger partial charge in [-0.1, -0.05) is 35.4 Å². The summed E-state index contributed by atoms with van der Waals surface area (Å²) in [7, 11) is 3.97.